The van der Waals surface area contributed by atoms with Crippen molar-refractivity contribution < 1.29 is 53.6 Å². The Balaban J connectivity index is 0. The zero-order chi connectivity index (χ0) is 0. The SMILES string of the molecule is B.[Cu].[Mn].[Zn]. The molecule has 0 aliphatic heterocycles. The summed E-state index contributed by atoms with van der Waals surface area (Å²) in [5.41, 5.74) is 0. The van der Waals surface area contributed by atoms with E-state index >= 15 is 0 Å². The molecular weight excluding hydrogens is 195 g/mol. The van der Waals surface area contributed by atoms with Crippen LogP contribution in [0, 0.1) is 0 Å². The molecule has 26 valence electrons. The van der Waals surface area contributed by atoms with Gasteiger partial charge in [-0.15, -0.1) is 0 Å². The van der Waals surface area contributed by atoms with Crippen molar-refractivity contribution in [2.45, 2.75) is 0 Å². The van der Waals surface area contributed by atoms with Gasteiger partial charge in [0.25, 0.3) is 0 Å². The van der Waals surface area contributed by atoms with Gasteiger partial charge in [-0.05, 0) is 0 Å². The standard InChI is InChI=1S/BH3.Cu.Mn.Zn/h1H3;;;. The van der Waals surface area contributed by atoms with Gasteiger partial charge in [-0.25, -0.2) is 0 Å². The van der Waals surface area contributed by atoms with Crippen molar-refractivity contribution in [3.05, 3.63) is 0 Å². The van der Waals surface area contributed by atoms with E-state index in [1.54, 1.807) is 0 Å². The number of hydrogen-bond donors (Lipinski definition) is 0. The van der Waals surface area contributed by atoms with Crippen LogP contribution in [0.3, 0.4) is 0 Å². The average Bonchev–Trinajstić information content (AvgIpc) is 0. The Morgan fingerprint density at radius 1 is 1.00 bits per heavy atom. The molecule has 0 nitrogen and oxygen atoms in total. The van der Waals surface area contributed by atoms with E-state index in [9.17, 15) is 0 Å². The molecule has 4 heteroatoms. The van der Waals surface area contributed by atoms with E-state index in [2.05, 4.69) is 0 Å². The van der Waals surface area contributed by atoms with Crippen LogP contribution in [0.4, 0.5) is 0 Å². The second kappa shape index (κ2) is 22.0. The predicted molar refractivity (Wildman–Crippen MR) is 9.94 cm³/mol. The summed E-state index contributed by atoms with van der Waals surface area (Å²) in [5, 5.41) is 0. The second-order valence-electron chi connectivity index (χ2n) is 0. The van der Waals surface area contributed by atoms with Crippen LogP contribution in [0.15, 0.2) is 0 Å². The van der Waals surface area contributed by atoms with E-state index in [-0.39, 0.29) is 62.0 Å². The third-order valence-electron chi connectivity index (χ3n) is 0. The molecule has 4 heavy (non-hydrogen) atoms. The van der Waals surface area contributed by atoms with Gasteiger partial charge in [0.15, 0.2) is 0 Å². The van der Waals surface area contributed by atoms with Crippen molar-refractivity contribution in [3.8, 4) is 0 Å². The first-order valence-corrected chi connectivity index (χ1v) is 0. The van der Waals surface area contributed by atoms with Crippen LogP contribution in [0.1, 0.15) is 0 Å². The molecule has 0 unspecified atom stereocenters. The van der Waals surface area contributed by atoms with Crippen LogP contribution < -0.4 is 0 Å². The summed E-state index contributed by atoms with van der Waals surface area (Å²) in [5.74, 6) is 0. The molecule has 0 N–H and O–H groups in total. The van der Waals surface area contributed by atoms with E-state index in [1.165, 1.54) is 0 Å². The molecule has 0 aromatic rings. The molecule has 0 spiro atoms. The maximum atomic E-state index is 0. The van der Waals surface area contributed by atoms with Crippen molar-refractivity contribution in [1.29, 1.82) is 0 Å². The average molecular weight is 198 g/mol. The molecule has 2 radical (unpaired) electrons. The molecule has 0 aromatic carbocycles. The molecular formula is H3BCuMnZn. The third kappa shape index (κ3) is 9.29. The maximum Gasteiger partial charge on any atom is 0.0814 e. The smallest absolute Gasteiger partial charge is 0 e. The zero-order valence-electron chi connectivity index (χ0n) is 1.39. The van der Waals surface area contributed by atoms with Gasteiger partial charge in [0.1, 0.15) is 0 Å². The number of hydrogen-bond acceptors (Lipinski definition) is 0. The van der Waals surface area contributed by atoms with E-state index in [0.717, 1.165) is 0 Å². The Hall–Kier alpha value is 1.73. The van der Waals surface area contributed by atoms with Gasteiger partial charge in [0.2, 0.25) is 0 Å². The Kier molecular flexibility index (Phi) is 236. The molecule has 0 fully saturated rings. The molecule has 0 bridgehead atoms. The van der Waals surface area contributed by atoms with Crippen LogP contribution in [-0.2, 0) is 53.6 Å². The van der Waals surface area contributed by atoms with E-state index in [1.807, 2.05) is 0 Å². The fourth-order valence-corrected chi connectivity index (χ4v) is 0. The van der Waals surface area contributed by atoms with E-state index < -0.39 is 0 Å². The molecule has 0 heterocycles. The topological polar surface area (TPSA) is 0 Å². The summed E-state index contributed by atoms with van der Waals surface area (Å²) >= 11 is 0. The van der Waals surface area contributed by atoms with E-state index in [4.69, 9.17) is 0 Å². The molecule has 0 aliphatic rings. The minimum Gasteiger partial charge on any atom is 0 e. The summed E-state index contributed by atoms with van der Waals surface area (Å²) < 4.78 is 0. The normalized spacial score (nSPS) is 0. The first-order valence-electron chi connectivity index (χ1n) is 0. The first-order chi connectivity index (χ1) is 0. The van der Waals surface area contributed by atoms with Crippen molar-refractivity contribution in [2.75, 3.05) is 0 Å². The zero-order valence-corrected chi connectivity index (χ0v) is 6.48. The van der Waals surface area contributed by atoms with Gasteiger partial charge in [0.05, 0.1) is 8.41 Å². The summed E-state index contributed by atoms with van der Waals surface area (Å²) in [6.45, 7) is 0. The Morgan fingerprint density at radius 2 is 1.00 bits per heavy atom. The van der Waals surface area contributed by atoms with Crippen molar-refractivity contribution in [3.63, 3.8) is 0 Å². The van der Waals surface area contributed by atoms with Gasteiger partial charge >= 0.3 is 0 Å². The molecule has 0 saturated carbocycles. The van der Waals surface area contributed by atoms with Crippen LogP contribution >= 0.6 is 0 Å². The van der Waals surface area contributed by atoms with E-state index in [0.29, 0.717) is 0 Å². The minimum absolute atomic E-state index is 0. The van der Waals surface area contributed by atoms with Gasteiger partial charge in [-0.2, -0.15) is 0 Å². The van der Waals surface area contributed by atoms with Gasteiger partial charge < -0.3 is 0 Å². The molecule has 0 amide bonds. The Morgan fingerprint density at radius 3 is 1.00 bits per heavy atom. The van der Waals surface area contributed by atoms with Crippen LogP contribution in [0.2, 0.25) is 0 Å². The van der Waals surface area contributed by atoms with Crippen LogP contribution in [0.25, 0.3) is 0 Å². The third-order valence-corrected chi connectivity index (χ3v) is 0. The van der Waals surface area contributed by atoms with Crippen molar-refractivity contribution in [1.82, 2.24) is 0 Å². The number of rotatable bonds is 0. The molecule has 0 aromatic heterocycles. The maximum absolute atomic E-state index is 0. The Bertz CT molecular complexity index is 8.00. The predicted octanol–water partition coefficient (Wildman–Crippen LogP) is -1.19. The summed E-state index contributed by atoms with van der Waals surface area (Å²) in [6, 6.07) is 0. The second-order valence-corrected chi connectivity index (χ2v) is 0. The van der Waals surface area contributed by atoms with Gasteiger partial charge in [-0.3, -0.25) is 0 Å². The summed E-state index contributed by atoms with van der Waals surface area (Å²) in [4.78, 5) is 0. The first kappa shape index (κ1) is 42.9. The van der Waals surface area contributed by atoms with Crippen molar-refractivity contribution >= 4 is 8.41 Å². The van der Waals surface area contributed by atoms with Crippen LogP contribution in [-0.4, -0.2) is 8.41 Å². The summed E-state index contributed by atoms with van der Waals surface area (Å²) in [6.07, 6.45) is 0. The molecule has 0 atom stereocenters. The molecule has 0 aliphatic carbocycles. The van der Waals surface area contributed by atoms with Gasteiger partial charge in [0, 0.05) is 53.6 Å². The Labute approximate surface area is 61.8 Å². The quantitative estimate of drug-likeness (QED) is 0.429. The molecule has 0 saturated heterocycles. The van der Waals surface area contributed by atoms with Gasteiger partial charge in [-0.1, -0.05) is 0 Å². The fourth-order valence-electron chi connectivity index (χ4n) is 0. The fraction of sp³-hybridized carbons (Fsp3) is 0. The monoisotopic (exact) mass is 196 g/mol. The van der Waals surface area contributed by atoms with Crippen molar-refractivity contribution in [2.24, 2.45) is 0 Å². The largest absolute Gasteiger partial charge is 0.0814 e. The minimum atomic E-state index is 0. The molecule has 0 rings (SSSR count). The van der Waals surface area contributed by atoms with Crippen LogP contribution in [0.5, 0.6) is 0 Å². The summed E-state index contributed by atoms with van der Waals surface area (Å²) in [7, 11) is 0.